The number of ether oxygens (including phenoxy) is 3. The van der Waals surface area contributed by atoms with Crippen molar-refractivity contribution in [3.05, 3.63) is 24.3 Å². The first kappa shape index (κ1) is 52.9. The second-order valence-electron chi connectivity index (χ2n) is 17.5. The lowest BCUT2D eigenvalue weighted by molar-refractivity contribution is -0.162. The second-order valence-corrected chi connectivity index (χ2v) is 17.5. The van der Waals surface area contributed by atoms with Gasteiger partial charge in [-0.15, -0.1) is 0 Å². The number of unbranched alkanes of at least 4 members (excludes halogenated alkanes) is 16. The lowest BCUT2D eigenvalue weighted by atomic mass is 9.73. The molecule has 7 heteroatoms. The SMILES string of the molecule is CCCCCC/C=C\COC(=O)CCCCCCCC(CCCCCCCC(=O)OC/C=C\CCCCCC)OC(=O)C(C)(C)CC(C)(C)CCN(C)CC. The molecule has 0 amide bonds. The van der Waals surface area contributed by atoms with Crippen molar-refractivity contribution >= 4 is 17.9 Å². The molecule has 0 N–H and O–H groups in total. The van der Waals surface area contributed by atoms with E-state index in [1.54, 1.807) is 0 Å². The Bertz CT molecular complexity index is 950. The molecule has 0 aliphatic rings. The first-order chi connectivity index (χ1) is 26.4. The van der Waals surface area contributed by atoms with Crippen LogP contribution in [-0.4, -0.2) is 62.3 Å². The summed E-state index contributed by atoms with van der Waals surface area (Å²) in [5.74, 6) is -0.298. The van der Waals surface area contributed by atoms with Crippen LogP contribution in [0.2, 0.25) is 0 Å². The van der Waals surface area contributed by atoms with E-state index in [4.69, 9.17) is 14.2 Å². The van der Waals surface area contributed by atoms with Gasteiger partial charge in [-0.05, 0) is 116 Å². The summed E-state index contributed by atoms with van der Waals surface area (Å²) in [6.45, 7) is 18.0. The van der Waals surface area contributed by atoms with Crippen LogP contribution in [0.1, 0.15) is 215 Å². The third kappa shape index (κ3) is 33.7. The van der Waals surface area contributed by atoms with Crippen LogP contribution >= 0.6 is 0 Å². The molecular formula is C48H89NO6. The number of carbonyl (C=O) groups is 3. The summed E-state index contributed by atoms with van der Waals surface area (Å²) in [4.78, 5) is 40.2. The van der Waals surface area contributed by atoms with E-state index in [-0.39, 0.29) is 29.4 Å². The fourth-order valence-corrected chi connectivity index (χ4v) is 7.10. The molecule has 0 unspecified atom stereocenters. The predicted octanol–water partition coefficient (Wildman–Crippen LogP) is 13.3. The smallest absolute Gasteiger partial charge is 0.311 e. The summed E-state index contributed by atoms with van der Waals surface area (Å²) in [6, 6.07) is 0. The lowest BCUT2D eigenvalue weighted by Gasteiger charge is -2.35. The van der Waals surface area contributed by atoms with Gasteiger partial charge in [0.1, 0.15) is 19.3 Å². The van der Waals surface area contributed by atoms with Gasteiger partial charge < -0.3 is 19.1 Å². The van der Waals surface area contributed by atoms with E-state index >= 15 is 0 Å². The molecule has 0 atom stereocenters. The Hall–Kier alpha value is -2.15. The van der Waals surface area contributed by atoms with Gasteiger partial charge in [-0.2, -0.15) is 0 Å². The Morgan fingerprint density at radius 2 is 1.02 bits per heavy atom. The topological polar surface area (TPSA) is 82.1 Å². The first-order valence-electron chi connectivity index (χ1n) is 22.9. The zero-order chi connectivity index (χ0) is 41.0. The second kappa shape index (κ2) is 35.0. The van der Waals surface area contributed by atoms with Gasteiger partial charge in [-0.25, -0.2) is 0 Å². The molecule has 0 spiro atoms. The fraction of sp³-hybridized carbons (Fsp3) is 0.854. The van der Waals surface area contributed by atoms with Gasteiger partial charge in [0.05, 0.1) is 5.41 Å². The molecule has 0 heterocycles. The number of allylic oxidation sites excluding steroid dienone is 2. The van der Waals surface area contributed by atoms with Gasteiger partial charge in [0.15, 0.2) is 0 Å². The van der Waals surface area contributed by atoms with Crippen molar-refractivity contribution < 1.29 is 28.6 Å². The molecule has 55 heavy (non-hydrogen) atoms. The molecular weight excluding hydrogens is 687 g/mol. The molecule has 0 saturated heterocycles. The van der Waals surface area contributed by atoms with E-state index < -0.39 is 5.41 Å². The van der Waals surface area contributed by atoms with Crippen molar-refractivity contribution in [2.75, 3.05) is 33.4 Å². The monoisotopic (exact) mass is 776 g/mol. The van der Waals surface area contributed by atoms with Crippen LogP contribution in [0.25, 0.3) is 0 Å². The van der Waals surface area contributed by atoms with E-state index in [2.05, 4.69) is 58.7 Å². The Labute approximate surface area is 340 Å². The molecule has 0 aliphatic heterocycles. The summed E-state index contributed by atoms with van der Waals surface area (Å²) in [5, 5.41) is 0. The molecule has 0 saturated carbocycles. The standard InChI is InChI=1S/C48H89NO6/c1-9-12-14-16-18-26-32-40-53-44(50)36-30-24-20-22-28-34-43(55-46(52)48(6,7)42-47(4,5)38-39-49(8)11-3)35-29-23-21-25-31-37-45(51)54-41-33-27-19-17-15-13-10-2/h26-27,32-33,43H,9-25,28-31,34-42H2,1-8H3/b32-26-,33-27-. The van der Waals surface area contributed by atoms with Gasteiger partial charge in [0.2, 0.25) is 0 Å². The van der Waals surface area contributed by atoms with E-state index in [0.717, 1.165) is 116 Å². The molecule has 0 rings (SSSR count). The number of nitrogens with zero attached hydrogens (tertiary/aromatic N) is 1. The average Bonchev–Trinajstić information content (AvgIpc) is 3.14. The van der Waals surface area contributed by atoms with Crippen molar-refractivity contribution in [3.63, 3.8) is 0 Å². The highest BCUT2D eigenvalue weighted by Gasteiger charge is 2.37. The van der Waals surface area contributed by atoms with Crippen LogP contribution in [0.15, 0.2) is 24.3 Å². The quantitative estimate of drug-likeness (QED) is 0.0267. The van der Waals surface area contributed by atoms with Crippen molar-refractivity contribution in [2.45, 2.75) is 222 Å². The maximum atomic E-state index is 13.6. The van der Waals surface area contributed by atoms with Gasteiger partial charge in [0.25, 0.3) is 0 Å². The van der Waals surface area contributed by atoms with Crippen molar-refractivity contribution in [3.8, 4) is 0 Å². The van der Waals surface area contributed by atoms with Crippen LogP contribution in [0, 0.1) is 10.8 Å². The fourth-order valence-electron chi connectivity index (χ4n) is 7.10. The summed E-state index contributed by atoms with van der Waals surface area (Å²) >= 11 is 0. The maximum Gasteiger partial charge on any atom is 0.311 e. The molecule has 7 nitrogen and oxygen atoms in total. The van der Waals surface area contributed by atoms with Crippen molar-refractivity contribution in [1.82, 2.24) is 4.90 Å². The number of rotatable bonds is 38. The third-order valence-electron chi connectivity index (χ3n) is 10.7. The van der Waals surface area contributed by atoms with Crippen molar-refractivity contribution in [1.29, 1.82) is 0 Å². The normalized spacial score (nSPS) is 12.4. The molecule has 0 aromatic rings. The van der Waals surface area contributed by atoms with Crippen LogP contribution in [0.5, 0.6) is 0 Å². The largest absolute Gasteiger partial charge is 0.462 e. The zero-order valence-corrected chi connectivity index (χ0v) is 37.5. The van der Waals surface area contributed by atoms with Crippen LogP contribution < -0.4 is 0 Å². The van der Waals surface area contributed by atoms with Gasteiger partial charge in [0, 0.05) is 12.8 Å². The minimum absolute atomic E-state index is 0.0372. The van der Waals surface area contributed by atoms with Gasteiger partial charge >= 0.3 is 17.9 Å². The summed E-state index contributed by atoms with van der Waals surface area (Å²) in [7, 11) is 2.15. The molecule has 0 fully saturated rings. The average molecular weight is 776 g/mol. The van der Waals surface area contributed by atoms with E-state index in [1.807, 2.05) is 26.0 Å². The molecule has 0 aromatic carbocycles. The van der Waals surface area contributed by atoms with E-state index in [9.17, 15) is 14.4 Å². The molecule has 0 aromatic heterocycles. The molecule has 322 valence electrons. The first-order valence-corrected chi connectivity index (χ1v) is 22.9. The van der Waals surface area contributed by atoms with E-state index in [0.29, 0.717) is 26.1 Å². The third-order valence-corrected chi connectivity index (χ3v) is 10.7. The minimum atomic E-state index is -0.551. The van der Waals surface area contributed by atoms with Gasteiger partial charge in [-0.3, -0.25) is 14.4 Å². The Balaban J connectivity index is 4.66. The molecule has 0 radical (unpaired) electrons. The highest BCUT2D eigenvalue weighted by molar-refractivity contribution is 5.76. The Morgan fingerprint density at radius 3 is 1.47 bits per heavy atom. The highest BCUT2D eigenvalue weighted by Crippen LogP contribution is 2.38. The predicted molar refractivity (Wildman–Crippen MR) is 232 cm³/mol. The van der Waals surface area contributed by atoms with E-state index in [1.165, 1.54) is 51.4 Å². The lowest BCUT2D eigenvalue weighted by Crippen LogP contribution is -2.36. The highest BCUT2D eigenvalue weighted by atomic mass is 16.5. The van der Waals surface area contributed by atoms with Crippen LogP contribution in [0.3, 0.4) is 0 Å². The minimum Gasteiger partial charge on any atom is -0.462 e. The molecule has 0 aliphatic carbocycles. The number of carbonyl (C=O) groups excluding carboxylic acids is 3. The van der Waals surface area contributed by atoms with Crippen LogP contribution in [0.4, 0.5) is 0 Å². The molecule has 0 bridgehead atoms. The Morgan fingerprint density at radius 1 is 0.582 bits per heavy atom. The maximum absolute atomic E-state index is 13.6. The number of hydrogen-bond donors (Lipinski definition) is 0. The summed E-state index contributed by atoms with van der Waals surface area (Å²) in [5.41, 5.74) is -0.514. The summed E-state index contributed by atoms with van der Waals surface area (Å²) < 4.78 is 17.0. The van der Waals surface area contributed by atoms with Gasteiger partial charge in [-0.1, -0.05) is 136 Å². The van der Waals surface area contributed by atoms with Crippen molar-refractivity contribution in [2.24, 2.45) is 10.8 Å². The number of esters is 3. The number of hydrogen-bond acceptors (Lipinski definition) is 7. The zero-order valence-electron chi connectivity index (χ0n) is 37.5. The summed E-state index contributed by atoms with van der Waals surface area (Å²) in [6.07, 6.45) is 34.7. The van der Waals surface area contributed by atoms with Crippen LogP contribution in [-0.2, 0) is 28.6 Å². The Kier molecular flexibility index (Phi) is 33.7.